The van der Waals surface area contributed by atoms with Crippen molar-refractivity contribution >= 4 is 11.5 Å². The average molecular weight is 219 g/mol. The number of Topliss-reactive ketones (excluding diaryl/α,β-unsaturated/α-hetero) is 1. The standard InChI is InChI=1S/C13H17NO2/c1-2-13(15)11-4-3-5-12(10-11)14-6-8-16-9-7-14/h3-5,10H,2,6-9H2,1H3. The fourth-order valence-corrected chi connectivity index (χ4v) is 1.90. The highest BCUT2D eigenvalue weighted by Gasteiger charge is 2.12. The summed E-state index contributed by atoms with van der Waals surface area (Å²) in [5.74, 6) is 0.204. The van der Waals surface area contributed by atoms with Crippen LogP contribution in [0.2, 0.25) is 0 Å². The van der Waals surface area contributed by atoms with E-state index < -0.39 is 0 Å². The van der Waals surface area contributed by atoms with E-state index >= 15 is 0 Å². The Labute approximate surface area is 96.0 Å². The lowest BCUT2D eigenvalue weighted by molar-refractivity contribution is 0.0988. The van der Waals surface area contributed by atoms with Crippen molar-refractivity contribution in [2.75, 3.05) is 31.2 Å². The normalized spacial score (nSPS) is 16.2. The maximum atomic E-state index is 11.6. The molecule has 0 N–H and O–H groups in total. The van der Waals surface area contributed by atoms with E-state index in [0.29, 0.717) is 6.42 Å². The van der Waals surface area contributed by atoms with Gasteiger partial charge in [-0.1, -0.05) is 19.1 Å². The predicted octanol–water partition coefficient (Wildman–Crippen LogP) is 2.12. The maximum absolute atomic E-state index is 11.6. The summed E-state index contributed by atoms with van der Waals surface area (Å²) >= 11 is 0. The van der Waals surface area contributed by atoms with Crippen LogP contribution in [-0.2, 0) is 4.74 Å². The minimum absolute atomic E-state index is 0.204. The first-order valence-electron chi connectivity index (χ1n) is 5.77. The number of anilines is 1. The molecule has 0 saturated carbocycles. The van der Waals surface area contributed by atoms with Crippen LogP contribution in [0.3, 0.4) is 0 Å². The molecule has 0 amide bonds. The number of hydrogen-bond donors (Lipinski definition) is 0. The van der Waals surface area contributed by atoms with E-state index in [0.717, 1.165) is 37.6 Å². The van der Waals surface area contributed by atoms with Gasteiger partial charge in [0.2, 0.25) is 0 Å². The average Bonchev–Trinajstić information content (AvgIpc) is 2.39. The lowest BCUT2D eigenvalue weighted by atomic mass is 10.1. The number of benzene rings is 1. The molecule has 3 heteroatoms. The van der Waals surface area contributed by atoms with Gasteiger partial charge in [-0.2, -0.15) is 0 Å². The fourth-order valence-electron chi connectivity index (χ4n) is 1.90. The zero-order valence-corrected chi connectivity index (χ0v) is 9.61. The van der Waals surface area contributed by atoms with Crippen LogP contribution in [0.15, 0.2) is 24.3 Å². The number of ketones is 1. The highest BCUT2D eigenvalue weighted by molar-refractivity contribution is 5.96. The Kier molecular flexibility index (Phi) is 3.57. The van der Waals surface area contributed by atoms with E-state index in [9.17, 15) is 4.79 Å². The number of nitrogens with zero attached hydrogens (tertiary/aromatic N) is 1. The highest BCUT2D eigenvalue weighted by Crippen LogP contribution is 2.18. The van der Waals surface area contributed by atoms with E-state index in [4.69, 9.17) is 4.74 Å². The van der Waals surface area contributed by atoms with Gasteiger partial charge in [-0.25, -0.2) is 0 Å². The van der Waals surface area contributed by atoms with Gasteiger partial charge in [0.1, 0.15) is 0 Å². The first kappa shape index (κ1) is 11.1. The lowest BCUT2D eigenvalue weighted by Crippen LogP contribution is -2.36. The summed E-state index contributed by atoms with van der Waals surface area (Å²) in [7, 11) is 0. The molecule has 1 aromatic rings. The third kappa shape index (κ3) is 2.42. The summed E-state index contributed by atoms with van der Waals surface area (Å²) in [4.78, 5) is 13.9. The second-order valence-corrected chi connectivity index (χ2v) is 3.93. The molecule has 3 nitrogen and oxygen atoms in total. The van der Waals surface area contributed by atoms with Crippen LogP contribution in [-0.4, -0.2) is 32.1 Å². The number of rotatable bonds is 3. The largest absolute Gasteiger partial charge is 0.378 e. The van der Waals surface area contributed by atoms with Gasteiger partial charge in [0, 0.05) is 30.8 Å². The second-order valence-electron chi connectivity index (χ2n) is 3.93. The molecule has 0 bridgehead atoms. The van der Waals surface area contributed by atoms with Crippen LogP contribution in [0.1, 0.15) is 23.7 Å². The predicted molar refractivity (Wildman–Crippen MR) is 64.1 cm³/mol. The first-order valence-corrected chi connectivity index (χ1v) is 5.77. The number of hydrogen-bond acceptors (Lipinski definition) is 3. The zero-order valence-electron chi connectivity index (χ0n) is 9.61. The van der Waals surface area contributed by atoms with Crippen molar-refractivity contribution in [2.45, 2.75) is 13.3 Å². The number of carbonyl (C=O) groups excluding carboxylic acids is 1. The molecule has 0 unspecified atom stereocenters. The molecule has 0 atom stereocenters. The molecule has 1 aliphatic rings. The molecule has 1 aliphatic heterocycles. The van der Waals surface area contributed by atoms with E-state index in [2.05, 4.69) is 11.0 Å². The van der Waals surface area contributed by atoms with E-state index in [1.807, 2.05) is 25.1 Å². The maximum Gasteiger partial charge on any atom is 0.162 e. The molecule has 86 valence electrons. The van der Waals surface area contributed by atoms with Gasteiger partial charge < -0.3 is 9.64 Å². The lowest BCUT2D eigenvalue weighted by Gasteiger charge is -2.29. The Bertz CT molecular complexity index is 370. The number of carbonyl (C=O) groups is 1. The van der Waals surface area contributed by atoms with Gasteiger partial charge in [0.05, 0.1) is 13.2 Å². The SMILES string of the molecule is CCC(=O)c1cccc(N2CCOCC2)c1. The third-order valence-corrected chi connectivity index (χ3v) is 2.87. The smallest absolute Gasteiger partial charge is 0.162 e. The van der Waals surface area contributed by atoms with Crippen LogP contribution >= 0.6 is 0 Å². The summed E-state index contributed by atoms with van der Waals surface area (Å²) in [5, 5.41) is 0. The van der Waals surface area contributed by atoms with Gasteiger partial charge in [0.25, 0.3) is 0 Å². The monoisotopic (exact) mass is 219 g/mol. The van der Waals surface area contributed by atoms with E-state index in [-0.39, 0.29) is 5.78 Å². The van der Waals surface area contributed by atoms with Gasteiger partial charge >= 0.3 is 0 Å². The summed E-state index contributed by atoms with van der Waals surface area (Å²) in [6.07, 6.45) is 0.562. The van der Waals surface area contributed by atoms with Gasteiger partial charge in [-0.05, 0) is 12.1 Å². The fraction of sp³-hybridized carbons (Fsp3) is 0.462. The minimum atomic E-state index is 0.204. The van der Waals surface area contributed by atoms with Crippen LogP contribution in [0.5, 0.6) is 0 Å². The Morgan fingerprint density at radius 1 is 1.38 bits per heavy atom. The van der Waals surface area contributed by atoms with Crippen molar-refractivity contribution < 1.29 is 9.53 Å². The molecule has 0 spiro atoms. The highest BCUT2D eigenvalue weighted by atomic mass is 16.5. The van der Waals surface area contributed by atoms with E-state index in [1.54, 1.807) is 0 Å². The molecule has 1 fully saturated rings. The quantitative estimate of drug-likeness (QED) is 0.729. The molecule has 2 rings (SSSR count). The molecule has 0 aliphatic carbocycles. The third-order valence-electron chi connectivity index (χ3n) is 2.87. The molecule has 1 saturated heterocycles. The summed E-state index contributed by atoms with van der Waals surface area (Å²) in [6, 6.07) is 7.87. The zero-order chi connectivity index (χ0) is 11.4. The van der Waals surface area contributed by atoms with Crippen molar-refractivity contribution in [1.82, 2.24) is 0 Å². The summed E-state index contributed by atoms with van der Waals surface area (Å²) in [6.45, 7) is 5.25. The second kappa shape index (κ2) is 5.12. The first-order chi connectivity index (χ1) is 7.81. The van der Waals surface area contributed by atoms with Crippen molar-refractivity contribution in [3.63, 3.8) is 0 Å². The van der Waals surface area contributed by atoms with Crippen LogP contribution in [0.4, 0.5) is 5.69 Å². The Hall–Kier alpha value is -1.35. The molecular formula is C13H17NO2. The Morgan fingerprint density at radius 3 is 2.81 bits per heavy atom. The summed E-state index contributed by atoms with van der Waals surface area (Å²) < 4.78 is 5.31. The minimum Gasteiger partial charge on any atom is -0.378 e. The van der Waals surface area contributed by atoms with Crippen molar-refractivity contribution in [2.24, 2.45) is 0 Å². The Balaban J connectivity index is 2.17. The number of morpholine rings is 1. The van der Waals surface area contributed by atoms with Crippen molar-refractivity contribution in [3.8, 4) is 0 Å². The van der Waals surface area contributed by atoms with Gasteiger partial charge in [-0.15, -0.1) is 0 Å². The molecule has 0 radical (unpaired) electrons. The molecule has 1 aromatic carbocycles. The number of ether oxygens (including phenoxy) is 1. The van der Waals surface area contributed by atoms with Crippen LogP contribution in [0.25, 0.3) is 0 Å². The van der Waals surface area contributed by atoms with Gasteiger partial charge in [0.15, 0.2) is 5.78 Å². The van der Waals surface area contributed by atoms with Crippen molar-refractivity contribution in [3.05, 3.63) is 29.8 Å². The van der Waals surface area contributed by atoms with Gasteiger partial charge in [-0.3, -0.25) is 4.79 Å². The summed E-state index contributed by atoms with van der Waals surface area (Å²) in [5.41, 5.74) is 1.94. The molecule has 1 heterocycles. The van der Waals surface area contributed by atoms with E-state index in [1.165, 1.54) is 0 Å². The molecule has 16 heavy (non-hydrogen) atoms. The molecular weight excluding hydrogens is 202 g/mol. The molecule has 0 aromatic heterocycles. The topological polar surface area (TPSA) is 29.5 Å². The Morgan fingerprint density at radius 2 is 2.12 bits per heavy atom. The van der Waals surface area contributed by atoms with Crippen LogP contribution < -0.4 is 4.90 Å². The van der Waals surface area contributed by atoms with Crippen molar-refractivity contribution in [1.29, 1.82) is 0 Å². The van der Waals surface area contributed by atoms with Crippen LogP contribution in [0, 0.1) is 0 Å².